The number of carbonyl (C=O) groups is 3. The number of aromatic nitrogens is 1. The smallest absolute Gasteiger partial charge is 0.345 e. The van der Waals surface area contributed by atoms with Gasteiger partial charge in [-0.05, 0) is 59.5 Å². The van der Waals surface area contributed by atoms with Gasteiger partial charge in [0.05, 0.1) is 17.7 Å². The summed E-state index contributed by atoms with van der Waals surface area (Å²) in [6.45, 7) is 1.84. The number of aliphatic carboxylic acids is 1. The number of H-pyrrole nitrogens is 1. The van der Waals surface area contributed by atoms with Crippen LogP contribution in [0.1, 0.15) is 45.1 Å². The molecule has 13 heteroatoms. The maximum absolute atomic E-state index is 13.5. The van der Waals surface area contributed by atoms with E-state index in [2.05, 4.69) is 10.3 Å². The summed E-state index contributed by atoms with van der Waals surface area (Å²) in [6, 6.07) is 27.2. The number of hydrogen-bond acceptors (Lipinski definition) is 9. The van der Waals surface area contributed by atoms with Crippen LogP contribution in [0.2, 0.25) is 0 Å². The highest BCUT2D eigenvalue weighted by atomic mass is 16.5. The zero-order valence-electron chi connectivity index (χ0n) is 29.2. The first-order valence-corrected chi connectivity index (χ1v) is 17.7. The van der Waals surface area contributed by atoms with E-state index in [9.17, 15) is 39.6 Å². The molecule has 4 aromatic carbocycles. The first-order chi connectivity index (χ1) is 26.0. The number of fused-ring (bicyclic) bond motifs is 2. The highest BCUT2D eigenvalue weighted by molar-refractivity contribution is 5.94. The van der Waals surface area contributed by atoms with Gasteiger partial charge in [-0.3, -0.25) is 14.4 Å². The maximum Gasteiger partial charge on any atom is 0.345 e. The summed E-state index contributed by atoms with van der Waals surface area (Å²) in [5.74, 6) is -1.49. The Morgan fingerprint density at radius 1 is 0.926 bits per heavy atom. The molecule has 2 saturated heterocycles. The zero-order valence-corrected chi connectivity index (χ0v) is 29.2. The molecule has 2 unspecified atom stereocenters. The minimum atomic E-state index is -2.30. The van der Waals surface area contributed by atoms with Crippen LogP contribution >= 0.6 is 0 Å². The molecule has 13 nitrogen and oxygen atoms in total. The van der Waals surface area contributed by atoms with Gasteiger partial charge >= 0.3 is 5.97 Å². The van der Waals surface area contributed by atoms with Crippen molar-refractivity contribution in [3.05, 3.63) is 141 Å². The molecule has 2 aliphatic heterocycles. The summed E-state index contributed by atoms with van der Waals surface area (Å²) in [7, 11) is 0. The fraction of sp³-hybridized carbons (Fsp3) is 0.268. The second-order valence-electron chi connectivity index (χ2n) is 13.7. The molecule has 0 spiro atoms. The number of likely N-dealkylation sites (tertiary alicyclic amines) is 2. The van der Waals surface area contributed by atoms with Gasteiger partial charge in [0.2, 0.25) is 11.2 Å². The molecule has 7 rings (SSSR count). The van der Waals surface area contributed by atoms with Gasteiger partial charge in [-0.25, -0.2) is 4.79 Å². The van der Waals surface area contributed by atoms with E-state index in [1.54, 1.807) is 64.4 Å². The number of carboxylic acid groups (broad SMARTS) is 1. The van der Waals surface area contributed by atoms with E-state index in [1.807, 2.05) is 12.1 Å². The Labute approximate surface area is 310 Å². The quantitative estimate of drug-likeness (QED) is 0.111. The van der Waals surface area contributed by atoms with Crippen LogP contribution in [0, 0.1) is 5.92 Å². The number of carboxylic acids is 1. The van der Waals surface area contributed by atoms with Gasteiger partial charge in [0.25, 0.3) is 11.8 Å². The number of rotatable bonds is 12. The lowest BCUT2D eigenvalue weighted by Gasteiger charge is -2.26. The second kappa shape index (κ2) is 15.1. The van der Waals surface area contributed by atoms with Gasteiger partial charge in [-0.15, -0.1) is 0 Å². The molecule has 0 aliphatic carbocycles. The number of benzene rings is 4. The molecule has 54 heavy (non-hydrogen) atoms. The number of ether oxygens (including phenoxy) is 1. The predicted octanol–water partition coefficient (Wildman–Crippen LogP) is 3.13. The Morgan fingerprint density at radius 2 is 1.69 bits per heavy atom. The standard InChI is InChI=1S/C41H40N4O9/c46-34-15-13-31(32-14-16-36(48)43-38(32)34)35(47)21-42-20-25-9-11-26(12-10-25)39(50)44-22-27-17-18-45(33(27)23-44)37(49)24-54-30-8-4-7-29(19-30)41(53,40(51)52)28-5-2-1-3-6-28/h1-16,19,27,33,35,42,46-47,53H,17-18,20-24H2,(H,43,48)(H,51,52)/t27-,33+,35?,41?/m0/s1. The van der Waals surface area contributed by atoms with Crippen molar-refractivity contribution in [1.29, 1.82) is 0 Å². The second-order valence-corrected chi connectivity index (χ2v) is 13.7. The lowest BCUT2D eigenvalue weighted by Crippen LogP contribution is -2.42. The van der Waals surface area contributed by atoms with Crippen molar-refractivity contribution >= 4 is 28.7 Å². The zero-order chi connectivity index (χ0) is 38.0. The van der Waals surface area contributed by atoms with E-state index in [0.29, 0.717) is 42.7 Å². The Balaban J connectivity index is 0.914. The highest BCUT2D eigenvalue weighted by Gasteiger charge is 2.45. The molecule has 278 valence electrons. The Morgan fingerprint density at radius 3 is 2.44 bits per heavy atom. The Kier molecular flexibility index (Phi) is 10.2. The van der Waals surface area contributed by atoms with E-state index in [1.165, 1.54) is 36.4 Å². The van der Waals surface area contributed by atoms with Crippen LogP contribution in [-0.4, -0.2) is 91.8 Å². The summed E-state index contributed by atoms with van der Waals surface area (Å²) >= 11 is 0. The van der Waals surface area contributed by atoms with Crippen LogP contribution < -0.4 is 15.6 Å². The van der Waals surface area contributed by atoms with Gasteiger partial charge in [0.15, 0.2) is 6.61 Å². The van der Waals surface area contributed by atoms with E-state index in [-0.39, 0.29) is 70.6 Å². The predicted molar refractivity (Wildman–Crippen MR) is 198 cm³/mol. The fourth-order valence-corrected chi connectivity index (χ4v) is 7.53. The lowest BCUT2D eigenvalue weighted by atomic mass is 9.86. The topological polar surface area (TPSA) is 193 Å². The third-order valence-corrected chi connectivity index (χ3v) is 10.4. The average molecular weight is 733 g/mol. The van der Waals surface area contributed by atoms with Crippen molar-refractivity contribution in [2.75, 3.05) is 32.8 Å². The maximum atomic E-state index is 13.5. The summed E-state index contributed by atoms with van der Waals surface area (Å²) in [5.41, 5.74) is -0.0892. The molecule has 0 radical (unpaired) electrons. The molecule has 3 heterocycles. The number of pyridine rings is 1. The molecule has 4 atom stereocenters. The first-order valence-electron chi connectivity index (χ1n) is 17.7. The first kappa shape index (κ1) is 36.3. The van der Waals surface area contributed by atoms with Gasteiger partial charge in [0, 0.05) is 61.2 Å². The number of aliphatic hydroxyl groups excluding tert-OH is 1. The van der Waals surface area contributed by atoms with Crippen molar-refractivity contribution in [2.24, 2.45) is 5.92 Å². The van der Waals surface area contributed by atoms with Gasteiger partial charge in [-0.2, -0.15) is 0 Å². The van der Waals surface area contributed by atoms with E-state index in [0.717, 1.165) is 12.0 Å². The van der Waals surface area contributed by atoms with Crippen molar-refractivity contribution in [1.82, 2.24) is 20.1 Å². The van der Waals surface area contributed by atoms with Crippen molar-refractivity contribution in [2.45, 2.75) is 30.7 Å². The summed E-state index contributed by atoms with van der Waals surface area (Å²) in [4.78, 5) is 56.9. The highest BCUT2D eigenvalue weighted by Crippen LogP contribution is 2.34. The number of phenols is 1. The SMILES string of the molecule is O=C(c1ccc(CNCC(O)c2ccc(O)c3[nH]c(=O)ccc23)cc1)N1C[C@@H]2CCN(C(=O)COc3cccc(C(O)(C(=O)O)c4ccccc4)c3)[C@@H]2C1. The number of amides is 2. The van der Waals surface area contributed by atoms with E-state index >= 15 is 0 Å². The van der Waals surface area contributed by atoms with Gasteiger partial charge in [-0.1, -0.05) is 60.7 Å². The Hall–Kier alpha value is -6.02. The van der Waals surface area contributed by atoms with Gasteiger partial charge in [0.1, 0.15) is 11.5 Å². The third kappa shape index (κ3) is 7.16. The number of phenolic OH excluding ortho intramolecular Hbond substituents is 1. The molecule has 0 bridgehead atoms. The van der Waals surface area contributed by atoms with Crippen molar-refractivity contribution in [3.8, 4) is 11.5 Å². The molecule has 1 aromatic heterocycles. The van der Waals surface area contributed by atoms with Crippen molar-refractivity contribution < 1.29 is 39.5 Å². The fourth-order valence-electron chi connectivity index (χ4n) is 7.53. The number of nitrogens with one attached hydrogen (secondary N) is 2. The van der Waals surface area contributed by atoms with Crippen LogP contribution in [0.25, 0.3) is 10.9 Å². The average Bonchev–Trinajstić information content (AvgIpc) is 3.79. The van der Waals surface area contributed by atoms with Gasteiger partial charge < -0.3 is 45.3 Å². The van der Waals surface area contributed by atoms with Crippen LogP contribution in [0.15, 0.2) is 108 Å². The monoisotopic (exact) mass is 732 g/mol. The van der Waals surface area contributed by atoms with Crippen LogP contribution in [-0.2, 0) is 21.7 Å². The summed E-state index contributed by atoms with van der Waals surface area (Å²) < 4.78 is 5.81. The van der Waals surface area contributed by atoms with E-state index in [4.69, 9.17) is 4.74 Å². The van der Waals surface area contributed by atoms with Crippen LogP contribution in [0.4, 0.5) is 0 Å². The summed E-state index contributed by atoms with van der Waals surface area (Å²) in [5, 5.41) is 45.9. The van der Waals surface area contributed by atoms with Crippen LogP contribution in [0.3, 0.4) is 0 Å². The third-order valence-electron chi connectivity index (χ3n) is 10.4. The number of nitrogens with zero attached hydrogens (tertiary/aromatic N) is 2. The molecule has 2 amide bonds. The van der Waals surface area contributed by atoms with E-state index < -0.39 is 17.7 Å². The minimum absolute atomic E-state index is 0.0753. The molecule has 2 aliphatic rings. The normalized spacial score (nSPS) is 18.3. The van der Waals surface area contributed by atoms with Crippen molar-refractivity contribution in [3.63, 3.8) is 0 Å². The van der Waals surface area contributed by atoms with Crippen LogP contribution in [0.5, 0.6) is 11.5 Å². The number of carbonyl (C=O) groups excluding carboxylic acids is 2. The minimum Gasteiger partial charge on any atom is -0.506 e. The summed E-state index contributed by atoms with van der Waals surface area (Å²) in [6.07, 6.45) is -0.142. The molecular formula is C41H40N4O9. The molecule has 5 aromatic rings. The largest absolute Gasteiger partial charge is 0.506 e. The molecule has 2 fully saturated rings. The Bertz CT molecular complexity index is 2240. The molecular weight excluding hydrogens is 692 g/mol. The lowest BCUT2D eigenvalue weighted by molar-refractivity contribution is -0.155. The number of aliphatic hydroxyl groups is 2. The number of aromatic hydroxyl groups is 1. The molecule has 6 N–H and O–H groups in total. The molecule has 0 saturated carbocycles. The number of hydrogen-bond donors (Lipinski definition) is 6. The number of aromatic amines is 1.